The summed E-state index contributed by atoms with van der Waals surface area (Å²) in [6, 6.07) is 3.53. The molecule has 0 saturated heterocycles. The van der Waals surface area contributed by atoms with Crippen LogP contribution in [-0.2, 0) is 0 Å². The number of ether oxygens (including phenoxy) is 3. The third-order valence-electron chi connectivity index (χ3n) is 2.85. The van der Waals surface area contributed by atoms with Gasteiger partial charge in [-0.1, -0.05) is 0 Å². The summed E-state index contributed by atoms with van der Waals surface area (Å²) in [7, 11) is 4.80. The van der Waals surface area contributed by atoms with Crippen molar-refractivity contribution in [1.82, 2.24) is 0 Å². The van der Waals surface area contributed by atoms with Gasteiger partial charge >= 0.3 is 0 Å². The summed E-state index contributed by atoms with van der Waals surface area (Å²) in [5, 5.41) is 0. The Morgan fingerprint density at radius 2 is 1.56 bits per heavy atom. The predicted octanol–water partition coefficient (Wildman–Crippen LogP) is 1.45. The normalized spacial score (nSPS) is 12.1. The molecule has 0 aliphatic carbocycles. The Bertz CT molecular complexity index is 383. The molecule has 1 rings (SSSR count). The highest BCUT2D eigenvalue weighted by Gasteiger charge is 2.16. The van der Waals surface area contributed by atoms with Crippen molar-refractivity contribution in [2.75, 3.05) is 27.9 Å². The maximum Gasteiger partial charge on any atom is 0.164 e. The van der Waals surface area contributed by atoms with Crippen LogP contribution in [0.25, 0.3) is 0 Å². The first-order valence-electron chi connectivity index (χ1n) is 5.93. The average molecular weight is 254 g/mol. The van der Waals surface area contributed by atoms with Gasteiger partial charge in [0.05, 0.1) is 21.3 Å². The van der Waals surface area contributed by atoms with Crippen LogP contribution in [0.2, 0.25) is 0 Å². The van der Waals surface area contributed by atoms with Crippen molar-refractivity contribution in [3.8, 4) is 17.2 Å². The van der Waals surface area contributed by atoms with Gasteiger partial charge in [0, 0.05) is 17.7 Å². The molecule has 5 nitrogen and oxygen atoms in total. The van der Waals surface area contributed by atoms with Crippen LogP contribution < -0.4 is 25.7 Å². The lowest BCUT2D eigenvalue weighted by molar-refractivity contribution is 0.346. The Kier molecular flexibility index (Phi) is 5.74. The summed E-state index contributed by atoms with van der Waals surface area (Å²) in [6.07, 6.45) is 1.68. The van der Waals surface area contributed by atoms with Crippen molar-refractivity contribution < 1.29 is 14.2 Å². The molecule has 0 bridgehead atoms. The highest BCUT2D eigenvalue weighted by atomic mass is 16.5. The Hall–Kier alpha value is -1.46. The lowest BCUT2D eigenvalue weighted by Crippen LogP contribution is -2.14. The molecule has 102 valence electrons. The van der Waals surface area contributed by atoms with E-state index in [1.54, 1.807) is 27.4 Å². The second kappa shape index (κ2) is 7.08. The third-order valence-corrected chi connectivity index (χ3v) is 2.85. The smallest absolute Gasteiger partial charge is 0.164 e. The molecule has 0 amide bonds. The fourth-order valence-electron chi connectivity index (χ4n) is 1.84. The van der Waals surface area contributed by atoms with Gasteiger partial charge in [0.25, 0.3) is 0 Å². The minimum Gasteiger partial charge on any atom is -0.496 e. The predicted molar refractivity (Wildman–Crippen MR) is 71.3 cm³/mol. The number of hydrogen-bond donors (Lipinski definition) is 2. The van der Waals surface area contributed by atoms with Crippen LogP contribution >= 0.6 is 0 Å². The Balaban J connectivity index is 3.08. The van der Waals surface area contributed by atoms with Gasteiger partial charge in [-0.3, -0.25) is 0 Å². The van der Waals surface area contributed by atoms with E-state index in [9.17, 15) is 0 Å². The van der Waals surface area contributed by atoms with E-state index in [1.165, 1.54) is 0 Å². The zero-order valence-corrected chi connectivity index (χ0v) is 11.2. The number of methoxy groups -OCH3 is 3. The zero-order chi connectivity index (χ0) is 13.5. The second-order valence-corrected chi connectivity index (χ2v) is 3.99. The maximum absolute atomic E-state index is 6.14. The molecule has 0 aliphatic heterocycles. The highest BCUT2D eigenvalue weighted by Crippen LogP contribution is 2.37. The molecule has 0 heterocycles. The molecule has 0 aliphatic rings. The van der Waals surface area contributed by atoms with Gasteiger partial charge < -0.3 is 25.7 Å². The molecule has 18 heavy (non-hydrogen) atoms. The summed E-state index contributed by atoms with van der Waals surface area (Å²) >= 11 is 0. The van der Waals surface area contributed by atoms with E-state index in [1.807, 2.05) is 6.07 Å². The standard InChI is InChI=1S/C13H22N2O3/c1-16-11-8-13(18-3)12(17-2)7-9(11)10(15)5-4-6-14/h7-8,10H,4-6,14-15H2,1-3H3. The van der Waals surface area contributed by atoms with E-state index < -0.39 is 0 Å². The first-order valence-corrected chi connectivity index (χ1v) is 5.93. The van der Waals surface area contributed by atoms with Crippen molar-refractivity contribution in [2.24, 2.45) is 11.5 Å². The van der Waals surface area contributed by atoms with Crippen LogP contribution in [0.15, 0.2) is 12.1 Å². The van der Waals surface area contributed by atoms with E-state index in [2.05, 4.69) is 0 Å². The Morgan fingerprint density at radius 1 is 1.00 bits per heavy atom. The van der Waals surface area contributed by atoms with Crippen LogP contribution in [0.5, 0.6) is 17.2 Å². The van der Waals surface area contributed by atoms with Crippen molar-refractivity contribution in [1.29, 1.82) is 0 Å². The molecule has 4 N–H and O–H groups in total. The molecule has 0 spiro atoms. The van der Waals surface area contributed by atoms with Gasteiger partial charge in [-0.25, -0.2) is 0 Å². The van der Waals surface area contributed by atoms with Crippen LogP contribution in [0.4, 0.5) is 0 Å². The second-order valence-electron chi connectivity index (χ2n) is 3.99. The van der Waals surface area contributed by atoms with Crippen LogP contribution in [-0.4, -0.2) is 27.9 Å². The quantitative estimate of drug-likeness (QED) is 0.770. The monoisotopic (exact) mass is 254 g/mol. The SMILES string of the molecule is COc1cc(OC)c(C(N)CCCN)cc1OC. The number of benzene rings is 1. The van der Waals surface area contributed by atoms with Crippen LogP contribution in [0.1, 0.15) is 24.4 Å². The van der Waals surface area contributed by atoms with Gasteiger partial charge in [-0.2, -0.15) is 0 Å². The first-order chi connectivity index (χ1) is 8.67. The average Bonchev–Trinajstić information content (AvgIpc) is 2.42. The number of nitrogens with two attached hydrogens (primary N) is 2. The van der Waals surface area contributed by atoms with Crippen molar-refractivity contribution in [3.05, 3.63) is 17.7 Å². The van der Waals surface area contributed by atoms with Crippen LogP contribution in [0, 0.1) is 0 Å². The summed E-state index contributed by atoms with van der Waals surface area (Å²) in [6.45, 7) is 0.628. The molecule has 0 saturated carbocycles. The third kappa shape index (κ3) is 3.27. The Labute approximate surface area is 108 Å². The molecular formula is C13H22N2O3. The van der Waals surface area contributed by atoms with Crippen molar-refractivity contribution in [2.45, 2.75) is 18.9 Å². The zero-order valence-electron chi connectivity index (χ0n) is 11.2. The summed E-state index contributed by atoms with van der Waals surface area (Å²) in [5.41, 5.74) is 12.5. The number of rotatable bonds is 7. The molecule has 0 aromatic heterocycles. The molecule has 1 atom stereocenters. The van der Waals surface area contributed by atoms with Gasteiger partial charge in [0.2, 0.25) is 0 Å². The van der Waals surface area contributed by atoms with Gasteiger partial charge in [-0.05, 0) is 25.5 Å². The van der Waals surface area contributed by atoms with Gasteiger partial charge in [0.15, 0.2) is 11.5 Å². The summed E-state index contributed by atoms with van der Waals surface area (Å²) in [5.74, 6) is 1.98. The maximum atomic E-state index is 6.14. The lowest BCUT2D eigenvalue weighted by Gasteiger charge is -2.18. The summed E-state index contributed by atoms with van der Waals surface area (Å²) in [4.78, 5) is 0. The molecule has 0 fully saturated rings. The molecule has 5 heteroatoms. The fraction of sp³-hybridized carbons (Fsp3) is 0.538. The van der Waals surface area contributed by atoms with E-state index in [4.69, 9.17) is 25.7 Å². The molecule has 1 unspecified atom stereocenters. The molecule has 1 aromatic rings. The highest BCUT2D eigenvalue weighted by molar-refractivity contribution is 5.51. The largest absolute Gasteiger partial charge is 0.496 e. The minimum absolute atomic E-state index is 0.122. The van der Waals surface area contributed by atoms with Crippen molar-refractivity contribution >= 4 is 0 Å². The molecule has 1 aromatic carbocycles. The minimum atomic E-state index is -0.122. The lowest BCUT2D eigenvalue weighted by atomic mass is 10.0. The first kappa shape index (κ1) is 14.6. The van der Waals surface area contributed by atoms with Gasteiger partial charge in [0.1, 0.15) is 5.75 Å². The van der Waals surface area contributed by atoms with E-state index in [0.717, 1.165) is 18.4 Å². The molecule has 0 radical (unpaired) electrons. The molecular weight excluding hydrogens is 232 g/mol. The summed E-state index contributed by atoms with van der Waals surface area (Å²) < 4.78 is 15.8. The fourth-order valence-corrected chi connectivity index (χ4v) is 1.84. The van der Waals surface area contributed by atoms with Gasteiger partial charge in [-0.15, -0.1) is 0 Å². The van der Waals surface area contributed by atoms with E-state index in [-0.39, 0.29) is 6.04 Å². The number of hydrogen-bond acceptors (Lipinski definition) is 5. The van der Waals surface area contributed by atoms with Crippen molar-refractivity contribution in [3.63, 3.8) is 0 Å². The Morgan fingerprint density at radius 3 is 2.06 bits per heavy atom. The topological polar surface area (TPSA) is 79.7 Å². The van der Waals surface area contributed by atoms with Crippen LogP contribution in [0.3, 0.4) is 0 Å². The van der Waals surface area contributed by atoms with E-state index in [0.29, 0.717) is 23.8 Å². The van der Waals surface area contributed by atoms with E-state index >= 15 is 0 Å².